The second kappa shape index (κ2) is 13.9. The highest BCUT2D eigenvalue weighted by Crippen LogP contribution is 2.63. The lowest BCUT2D eigenvalue weighted by Gasteiger charge is -2.30. The van der Waals surface area contributed by atoms with Crippen molar-refractivity contribution in [3.8, 4) is 78.3 Å². The summed E-state index contributed by atoms with van der Waals surface area (Å²) in [7, 11) is 0. The SMILES string of the molecule is c1ccc(-c2cc(-c3ccc(-c4c5ccccc5c(-c5ccc6c(c5)C5(c7ccccc7-c7ccccc75)c5ccccc5-6)c5ccccc45)nc3)cc(-c3ccccn3)c2)nc1. The first-order valence-electron chi connectivity index (χ1n) is 21.6. The zero-order valence-corrected chi connectivity index (χ0v) is 34.2. The molecule has 0 aliphatic heterocycles. The second-order valence-electron chi connectivity index (χ2n) is 16.6. The average molecular weight is 800 g/mol. The van der Waals surface area contributed by atoms with Crippen molar-refractivity contribution in [2.45, 2.75) is 5.41 Å². The summed E-state index contributed by atoms with van der Waals surface area (Å²) in [5.41, 5.74) is 20.7. The molecule has 63 heavy (non-hydrogen) atoms. The van der Waals surface area contributed by atoms with Gasteiger partial charge in [0.1, 0.15) is 0 Å². The molecule has 0 saturated heterocycles. The molecule has 1 spiro atoms. The molecule has 0 radical (unpaired) electrons. The van der Waals surface area contributed by atoms with E-state index in [0.717, 1.165) is 44.9 Å². The van der Waals surface area contributed by atoms with E-state index in [9.17, 15) is 0 Å². The van der Waals surface area contributed by atoms with Crippen LogP contribution in [0.1, 0.15) is 22.3 Å². The number of rotatable bonds is 5. The van der Waals surface area contributed by atoms with E-state index in [0.29, 0.717) is 0 Å². The molecule has 3 heteroatoms. The first kappa shape index (κ1) is 35.5. The molecular weight excluding hydrogens is 763 g/mol. The Bertz CT molecular complexity index is 3430. The lowest BCUT2D eigenvalue weighted by molar-refractivity contribution is 0.794. The maximum absolute atomic E-state index is 5.26. The molecule has 292 valence electrons. The lowest BCUT2D eigenvalue weighted by Crippen LogP contribution is -2.25. The van der Waals surface area contributed by atoms with Gasteiger partial charge in [-0.25, -0.2) is 0 Å². The molecule has 0 N–H and O–H groups in total. The fourth-order valence-corrected chi connectivity index (χ4v) is 10.8. The van der Waals surface area contributed by atoms with Gasteiger partial charge in [0, 0.05) is 40.8 Å². The molecule has 0 amide bonds. The third-order valence-electron chi connectivity index (χ3n) is 13.4. The molecular formula is C60H37N3. The van der Waals surface area contributed by atoms with Gasteiger partial charge in [-0.1, -0.05) is 152 Å². The van der Waals surface area contributed by atoms with Crippen LogP contribution in [0.3, 0.4) is 0 Å². The number of benzene rings is 8. The van der Waals surface area contributed by atoms with E-state index in [4.69, 9.17) is 4.98 Å². The van der Waals surface area contributed by atoms with Crippen LogP contribution in [0.15, 0.2) is 225 Å². The van der Waals surface area contributed by atoms with Crippen LogP contribution in [0.25, 0.3) is 99.8 Å². The number of fused-ring (bicyclic) bond motifs is 12. The molecule has 3 nitrogen and oxygen atoms in total. The fraction of sp³-hybridized carbons (Fsp3) is 0.0167. The second-order valence-corrected chi connectivity index (χ2v) is 16.6. The van der Waals surface area contributed by atoms with Crippen molar-refractivity contribution in [3.63, 3.8) is 0 Å². The minimum Gasteiger partial charge on any atom is -0.256 e. The van der Waals surface area contributed by atoms with Gasteiger partial charge < -0.3 is 0 Å². The summed E-state index contributed by atoms with van der Waals surface area (Å²) in [5.74, 6) is 0. The summed E-state index contributed by atoms with van der Waals surface area (Å²) in [5, 5.41) is 4.76. The molecule has 13 rings (SSSR count). The molecule has 2 aliphatic carbocycles. The van der Waals surface area contributed by atoms with E-state index in [-0.39, 0.29) is 0 Å². The van der Waals surface area contributed by atoms with Gasteiger partial charge >= 0.3 is 0 Å². The van der Waals surface area contributed by atoms with Gasteiger partial charge in [0.25, 0.3) is 0 Å². The van der Waals surface area contributed by atoms with Crippen LogP contribution < -0.4 is 0 Å². The zero-order chi connectivity index (χ0) is 41.5. The Morgan fingerprint density at radius 2 is 0.714 bits per heavy atom. The van der Waals surface area contributed by atoms with E-state index in [1.165, 1.54) is 77.2 Å². The number of aromatic nitrogens is 3. The van der Waals surface area contributed by atoms with Crippen LogP contribution in [0.4, 0.5) is 0 Å². The Balaban J connectivity index is 0.989. The number of pyridine rings is 3. The standard InChI is InChI=1S/C60H37N3/c1-3-20-49-47(18-1)58(38-27-29-46-45-17-7-10-24-53(45)60(54(46)36-38)51-22-8-5-15-43(51)44-16-6-9-23-52(44)60)48-19-2-4-21-50(48)59(49)57-30-28-39(37-63-57)40-33-41(55-25-11-13-31-61-55)35-42(34-40)56-26-12-14-32-62-56/h1-37H. The summed E-state index contributed by atoms with van der Waals surface area (Å²) in [4.78, 5) is 14.6. The number of hydrogen-bond donors (Lipinski definition) is 0. The van der Waals surface area contributed by atoms with E-state index < -0.39 is 5.41 Å². The summed E-state index contributed by atoms with van der Waals surface area (Å²) >= 11 is 0. The van der Waals surface area contributed by atoms with E-state index >= 15 is 0 Å². The van der Waals surface area contributed by atoms with Crippen molar-refractivity contribution in [3.05, 3.63) is 247 Å². The van der Waals surface area contributed by atoms with Gasteiger partial charge in [0.05, 0.1) is 22.5 Å². The Morgan fingerprint density at radius 1 is 0.270 bits per heavy atom. The normalized spacial score (nSPS) is 12.9. The summed E-state index contributed by atoms with van der Waals surface area (Å²) < 4.78 is 0. The maximum Gasteiger partial charge on any atom is 0.0725 e. The molecule has 0 saturated carbocycles. The van der Waals surface area contributed by atoms with Gasteiger partial charge in [0.2, 0.25) is 0 Å². The van der Waals surface area contributed by atoms with Gasteiger partial charge in [-0.05, 0) is 137 Å². The summed E-state index contributed by atoms with van der Waals surface area (Å²) in [6.45, 7) is 0. The topological polar surface area (TPSA) is 38.7 Å². The van der Waals surface area contributed by atoms with E-state index in [2.05, 4.69) is 192 Å². The van der Waals surface area contributed by atoms with E-state index in [1.54, 1.807) is 0 Å². The van der Waals surface area contributed by atoms with Crippen LogP contribution in [0, 0.1) is 0 Å². The minimum absolute atomic E-state index is 0.415. The van der Waals surface area contributed by atoms with Crippen molar-refractivity contribution < 1.29 is 0 Å². The molecule has 0 unspecified atom stereocenters. The van der Waals surface area contributed by atoms with Crippen LogP contribution in [-0.2, 0) is 5.41 Å². The highest BCUT2D eigenvalue weighted by molar-refractivity contribution is 6.21. The third-order valence-corrected chi connectivity index (χ3v) is 13.4. The Labute approximate surface area is 365 Å². The van der Waals surface area contributed by atoms with Gasteiger partial charge in [-0.15, -0.1) is 0 Å². The highest BCUT2D eigenvalue weighted by atomic mass is 14.7. The molecule has 0 bridgehead atoms. The molecule has 2 aliphatic rings. The third kappa shape index (κ3) is 5.23. The monoisotopic (exact) mass is 799 g/mol. The Hall–Kier alpha value is -8.27. The quantitative estimate of drug-likeness (QED) is 0.163. The number of hydrogen-bond acceptors (Lipinski definition) is 3. The molecule has 0 atom stereocenters. The number of nitrogens with zero attached hydrogens (tertiary/aromatic N) is 3. The average Bonchev–Trinajstić information content (AvgIpc) is 3.83. The summed E-state index contributed by atoms with van der Waals surface area (Å²) in [6.07, 6.45) is 5.69. The summed E-state index contributed by atoms with van der Waals surface area (Å²) in [6, 6.07) is 75.1. The van der Waals surface area contributed by atoms with Crippen LogP contribution >= 0.6 is 0 Å². The smallest absolute Gasteiger partial charge is 0.0725 e. The van der Waals surface area contributed by atoms with Crippen molar-refractivity contribution in [1.82, 2.24) is 15.0 Å². The molecule has 0 fully saturated rings. The first-order valence-corrected chi connectivity index (χ1v) is 21.6. The zero-order valence-electron chi connectivity index (χ0n) is 34.2. The highest BCUT2D eigenvalue weighted by Gasteiger charge is 2.51. The maximum atomic E-state index is 5.26. The molecule has 11 aromatic rings. The molecule has 8 aromatic carbocycles. The fourth-order valence-electron chi connectivity index (χ4n) is 10.8. The van der Waals surface area contributed by atoms with Gasteiger partial charge in [-0.2, -0.15) is 0 Å². The van der Waals surface area contributed by atoms with Gasteiger partial charge in [-0.3, -0.25) is 15.0 Å². The Morgan fingerprint density at radius 3 is 1.21 bits per heavy atom. The predicted octanol–water partition coefficient (Wildman–Crippen LogP) is 14.9. The predicted molar refractivity (Wildman–Crippen MR) is 258 cm³/mol. The van der Waals surface area contributed by atoms with E-state index in [1.807, 2.05) is 42.9 Å². The first-order chi connectivity index (χ1) is 31.3. The van der Waals surface area contributed by atoms with Crippen LogP contribution in [-0.4, -0.2) is 15.0 Å². The molecule has 3 aromatic heterocycles. The lowest BCUT2D eigenvalue weighted by atomic mass is 9.70. The largest absolute Gasteiger partial charge is 0.256 e. The van der Waals surface area contributed by atoms with Crippen LogP contribution in [0.2, 0.25) is 0 Å². The molecule has 3 heterocycles. The van der Waals surface area contributed by atoms with Crippen molar-refractivity contribution in [2.75, 3.05) is 0 Å². The van der Waals surface area contributed by atoms with Crippen molar-refractivity contribution in [1.29, 1.82) is 0 Å². The van der Waals surface area contributed by atoms with Crippen LogP contribution in [0.5, 0.6) is 0 Å². The van der Waals surface area contributed by atoms with Gasteiger partial charge in [0.15, 0.2) is 0 Å². The Kier molecular flexibility index (Phi) is 7.82. The minimum atomic E-state index is -0.415. The van der Waals surface area contributed by atoms with Crippen molar-refractivity contribution in [2.24, 2.45) is 0 Å². The van der Waals surface area contributed by atoms with Crippen molar-refractivity contribution >= 4 is 21.5 Å².